The molecular weight excluding hydrogens is 176 g/mol. The maximum Gasteiger partial charge on any atom is 0.241 e. The van der Waals surface area contributed by atoms with Crippen molar-refractivity contribution in [3.05, 3.63) is 12.2 Å². The first-order valence-corrected chi connectivity index (χ1v) is 5.33. The molecule has 3 heteroatoms. The van der Waals surface area contributed by atoms with Crippen LogP contribution in [0.1, 0.15) is 26.7 Å². The Balaban J connectivity index is 2.58. The molecule has 1 aliphatic heterocycles. The molecule has 0 saturated carbocycles. The van der Waals surface area contributed by atoms with Gasteiger partial charge in [0.15, 0.2) is 0 Å². The maximum absolute atomic E-state index is 10.7. The molecule has 0 spiro atoms. The van der Waals surface area contributed by atoms with E-state index in [4.69, 9.17) is 5.73 Å². The number of hydrogen-bond donors (Lipinski definition) is 1. The lowest BCUT2D eigenvalue weighted by molar-refractivity contribution is -0.113. The third-order valence-electron chi connectivity index (χ3n) is 2.70. The Bertz CT molecular complexity index is 217. The van der Waals surface area contributed by atoms with Gasteiger partial charge in [-0.2, -0.15) is 0 Å². The van der Waals surface area contributed by atoms with Crippen molar-refractivity contribution >= 4 is 5.91 Å². The van der Waals surface area contributed by atoms with Crippen molar-refractivity contribution in [2.75, 3.05) is 13.1 Å². The summed E-state index contributed by atoms with van der Waals surface area (Å²) in [6, 6.07) is 0.366. The number of likely N-dealkylation sites (tertiary alicyclic amines) is 1. The minimum atomic E-state index is -0.352. The molecule has 0 aromatic carbocycles. The number of carbonyl (C=O) groups excluding carboxylic acids is 1. The van der Waals surface area contributed by atoms with E-state index in [0.717, 1.165) is 13.1 Å². The fraction of sp³-hybridized carbons (Fsp3) is 0.727. The summed E-state index contributed by atoms with van der Waals surface area (Å²) in [5.74, 6) is 0.179. The van der Waals surface area contributed by atoms with Crippen LogP contribution in [0.5, 0.6) is 0 Å². The van der Waals surface area contributed by atoms with E-state index < -0.39 is 0 Å². The van der Waals surface area contributed by atoms with Gasteiger partial charge in [0.2, 0.25) is 5.91 Å². The fourth-order valence-electron chi connectivity index (χ4n) is 2.00. The Morgan fingerprint density at radius 2 is 1.93 bits per heavy atom. The van der Waals surface area contributed by atoms with E-state index in [1.54, 1.807) is 0 Å². The first-order valence-electron chi connectivity index (χ1n) is 5.33. The SMILES string of the molecule is CC(C)C(C=CC(N)=O)N1CCCC1. The van der Waals surface area contributed by atoms with Crippen LogP contribution in [-0.4, -0.2) is 29.9 Å². The summed E-state index contributed by atoms with van der Waals surface area (Å²) < 4.78 is 0. The Kier molecular flexibility index (Phi) is 4.14. The quantitative estimate of drug-likeness (QED) is 0.686. The molecule has 1 fully saturated rings. The lowest BCUT2D eigenvalue weighted by atomic mass is 10.0. The van der Waals surface area contributed by atoms with E-state index in [1.165, 1.54) is 18.9 Å². The highest BCUT2D eigenvalue weighted by atomic mass is 16.1. The number of nitrogens with two attached hydrogens (primary N) is 1. The van der Waals surface area contributed by atoms with Gasteiger partial charge in [0, 0.05) is 12.1 Å². The lowest BCUT2D eigenvalue weighted by Gasteiger charge is -2.27. The third-order valence-corrected chi connectivity index (χ3v) is 2.70. The first-order chi connectivity index (χ1) is 6.61. The lowest BCUT2D eigenvalue weighted by Crippen LogP contribution is -2.35. The van der Waals surface area contributed by atoms with Crippen LogP contribution in [0.2, 0.25) is 0 Å². The van der Waals surface area contributed by atoms with E-state index in [2.05, 4.69) is 18.7 Å². The molecule has 1 rings (SSSR count). The number of primary amides is 1. The molecule has 1 aliphatic rings. The zero-order chi connectivity index (χ0) is 10.6. The zero-order valence-electron chi connectivity index (χ0n) is 9.07. The van der Waals surface area contributed by atoms with Gasteiger partial charge in [-0.15, -0.1) is 0 Å². The van der Waals surface area contributed by atoms with E-state index in [9.17, 15) is 4.79 Å². The summed E-state index contributed by atoms with van der Waals surface area (Å²) in [6.45, 7) is 6.64. The molecule has 1 saturated heterocycles. The number of carbonyl (C=O) groups is 1. The largest absolute Gasteiger partial charge is 0.366 e. The van der Waals surface area contributed by atoms with Crippen molar-refractivity contribution in [1.82, 2.24) is 4.90 Å². The van der Waals surface area contributed by atoms with Crippen LogP contribution in [0, 0.1) is 5.92 Å². The molecular formula is C11H20N2O. The van der Waals surface area contributed by atoms with Gasteiger partial charge < -0.3 is 5.73 Å². The second kappa shape index (κ2) is 5.15. The summed E-state index contributed by atoms with van der Waals surface area (Å²) >= 11 is 0. The standard InChI is InChI=1S/C11H20N2O/c1-9(2)10(5-6-11(12)14)13-7-3-4-8-13/h5-6,9-10H,3-4,7-8H2,1-2H3,(H2,12,14). The van der Waals surface area contributed by atoms with Crippen LogP contribution in [0.25, 0.3) is 0 Å². The molecule has 0 aromatic heterocycles. The molecule has 3 nitrogen and oxygen atoms in total. The van der Waals surface area contributed by atoms with Crippen LogP contribution >= 0.6 is 0 Å². The van der Waals surface area contributed by atoms with E-state index in [0.29, 0.717) is 12.0 Å². The van der Waals surface area contributed by atoms with Gasteiger partial charge in [0.05, 0.1) is 0 Å². The average molecular weight is 196 g/mol. The minimum Gasteiger partial charge on any atom is -0.366 e. The van der Waals surface area contributed by atoms with Gasteiger partial charge in [-0.3, -0.25) is 9.69 Å². The topological polar surface area (TPSA) is 46.3 Å². The summed E-state index contributed by atoms with van der Waals surface area (Å²) in [5, 5.41) is 0. The highest BCUT2D eigenvalue weighted by Crippen LogP contribution is 2.18. The van der Waals surface area contributed by atoms with Crippen LogP contribution in [0.4, 0.5) is 0 Å². The molecule has 1 amide bonds. The van der Waals surface area contributed by atoms with Crippen molar-refractivity contribution in [3.63, 3.8) is 0 Å². The van der Waals surface area contributed by atoms with E-state index >= 15 is 0 Å². The Morgan fingerprint density at radius 3 is 2.36 bits per heavy atom. The minimum absolute atomic E-state index is 0.352. The van der Waals surface area contributed by atoms with Crippen molar-refractivity contribution in [1.29, 1.82) is 0 Å². The second-order valence-electron chi connectivity index (χ2n) is 4.24. The highest BCUT2D eigenvalue weighted by Gasteiger charge is 2.22. The van der Waals surface area contributed by atoms with Crippen molar-refractivity contribution in [3.8, 4) is 0 Å². The number of nitrogens with zero attached hydrogens (tertiary/aromatic N) is 1. The van der Waals surface area contributed by atoms with Crippen LogP contribution in [0.3, 0.4) is 0 Å². The van der Waals surface area contributed by atoms with E-state index in [1.807, 2.05) is 6.08 Å². The average Bonchev–Trinajstić information content (AvgIpc) is 2.56. The monoisotopic (exact) mass is 196 g/mol. The molecule has 1 unspecified atom stereocenters. The number of hydrogen-bond acceptors (Lipinski definition) is 2. The smallest absolute Gasteiger partial charge is 0.241 e. The molecule has 0 aliphatic carbocycles. The zero-order valence-corrected chi connectivity index (χ0v) is 9.07. The first kappa shape index (κ1) is 11.2. The van der Waals surface area contributed by atoms with Crippen molar-refractivity contribution in [2.45, 2.75) is 32.7 Å². The molecule has 0 bridgehead atoms. The molecule has 1 heterocycles. The summed E-state index contributed by atoms with van der Waals surface area (Å²) in [5.41, 5.74) is 5.10. The van der Waals surface area contributed by atoms with Gasteiger partial charge in [-0.25, -0.2) is 0 Å². The summed E-state index contributed by atoms with van der Waals surface area (Å²) in [6.07, 6.45) is 5.97. The summed E-state index contributed by atoms with van der Waals surface area (Å²) in [7, 11) is 0. The Morgan fingerprint density at radius 1 is 1.36 bits per heavy atom. The van der Waals surface area contributed by atoms with Gasteiger partial charge in [0.1, 0.15) is 0 Å². The molecule has 0 aromatic rings. The van der Waals surface area contributed by atoms with Crippen LogP contribution in [0.15, 0.2) is 12.2 Å². The predicted octanol–water partition coefficient (Wildman–Crippen LogP) is 1.15. The van der Waals surface area contributed by atoms with Gasteiger partial charge in [-0.05, 0) is 31.8 Å². The van der Waals surface area contributed by atoms with Gasteiger partial charge in [0.25, 0.3) is 0 Å². The predicted molar refractivity (Wildman–Crippen MR) is 57.8 cm³/mol. The van der Waals surface area contributed by atoms with Gasteiger partial charge in [-0.1, -0.05) is 19.9 Å². The summed E-state index contributed by atoms with van der Waals surface area (Å²) in [4.78, 5) is 13.1. The molecule has 80 valence electrons. The second-order valence-corrected chi connectivity index (χ2v) is 4.24. The van der Waals surface area contributed by atoms with Crippen molar-refractivity contribution < 1.29 is 4.79 Å². The number of rotatable bonds is 4. The highest BCUT2D eigenvalue weighted by molar-refractivity contribution is 5.85. The maximum atomic E-state index is 10.7. The molecule has 14 heavy (non-hydrogen) atoms. The third kappa shape index (κ3) is 3.14. The Hall–Kier alpha value is -0.830. The number of amides is 1. The van der Waals surface area contributed by atoms with Gasteiger partial charge >= 0.3 is 0 Å². The molecule has 0 radical (unpaired) electrons. The fourth-order valence-corrected chi connectivity index (χ4v) is 2.00. The van der Waals surface area contributed by atoms with Crippen LogP contribution < -0.4 is 5.73 Å². The van der Waals surface area contributed by atoms with E-state index in [-0.39, 0.29) is 5.91 Å². The van der Waals surface area contributed by atoms with Crippen molar-refractivity contribution in [2.24, 2.45) is 11.7 Å². The molecule has 2 N–H and O–H groups in total. The molecule has 1 atom stereocenters. The van der Waals surface area contributed by atoms with Crippen LogP contribution in [-0.2, 0) is 4.79 Å². The normalized spacial score (nSPS) is 20.8. The Labute approximate surface area is 86.0 Å².